The highest BCUT2D eigenvalue weighted by atomic mass is 35.5. The van der Waals surface area contributed by atoms with Crippen LogP contribution in [-0.4, -0.2) is 68.1 Å². The van der Waals surface area contributed by atoms with E-state index in [2.05, 4.69) is 10.2 Å². The number of hydrogen-bond donors (Lipinski definition) is 1. The van der Waals surface area contributed by atoms with Gasteiger partial charge in [0.1, 0.15) is 34.6 Å². The lowest BCUT2D eigenvalue weighted by Gasteiger charge is -2.42. The van der Waals surface area contributed by atoms with Gasteiger partial charge in [0.25, 0.3) is 0 Å². The molecular weight excluding hydrogens is 523 g/mol. The summed E-state index contributed by atoms with van der Waals surface area (Å²) >= 11 is 12.6. The van der Waals surface area contributed by atoms with Gasteiger partial charge >= 0.3 is 0 Å². The van der Waals surface area contributed by atoms with Crippen LogP contribution in [0.4, 0.5) is 0 Å². The summed E-state index contributed by atoms with van der Waals surface area (Å²) in [4.78, 5) is 21.7. The maximum absolute atomic E-state index is 12.2. The Morgan fingerprint density at radius 1 is 1.03 bits per heavy atom. The number of nitrogens with one attached hydrogen (secondary N) is 1. The van der Waals surface area contributed by atoms with Crippen molar-refractivity contribution >= 4 is 35.4 Å². The standard InChI is InChI=1S/C29H30Cl2N4O3/c1-3-38-25-6-4-5-24(37-2)27(25)28-33-29(20-7-11-22(30)12-8-20,21-9-13-23(31)14-10-21)18-35(28)26-17-32-15-16-34(26)19-36/h4-14,19,26,32H,3,15-18H2,1-2H3. The molecule has 2 aliphatic heterocycles. The molecule has 198 valence electrons. The van der Waals surface area contributed by atoms with Gasteiger partial charge in [-0.1, -0.05) is 53.5 Å². The van der Waals surface area contributed by atoms with E-state index in [0.29, 0.717) is 53.6 Å². The third kappa shape index (κ3) is 4.82. The van der Waals surface area contributed by atoms with Crippen LogP contribution in [0.1, 0.15) is 23.6 Å². The number of benzene rings is 3. The van der Waals surface area contributed by atoms with E-state index >= 15 is 0 Å². The van der Waals surface area contributed by atoms with Crippen molar-refractivity contribution in [3.8, 4) is 11.5 Å². The van der Waals surface area contributed by atoms with Gasteiger partial charge in [-0.3, -0.25) is 4.79 Å². The van der Waals surface area contributed by atoms with Crippen LogP contribution in [0.2, 0.25) is 10.0 Å². The second kappa shape index (κ2) is 11.2. The number of ether oxygens (including phenoxy) is 2. The van der Waals surface area contributed by atoms with Crippen molar-refractivity contribution < 1.29 is 14.3 Å². The summed E-state index contributed by atoms with van der Waals surface area (Å²) < 4.78 is 11.9. The van der Waals surface area contributed by atoms with Crippen LogP contribution in [0.3, 0.4) is 0 Å². The van der Waals surface area contributed by atoms with Crippen molar-refractivity contribution in [3.05, 3.63) is 93.5 Å². The van der Waals surface area contributed by atoms with Crippen molar-refractivity contribution in [2.75, 3.05) is 39.9 Å². The van der Waals surface area contributed by atoms with E-state index in [-0.39, 0.29) is 6.17 Å². The molecule has 2 aliphatic rings. The second-order valence-electron chi connectivity index (χ2n) is 9.23. The highest BCUT2D eigenvalue weighted by Gasteiger charge is 2.47. The van der Waals surface area contributed by atoms with Gasteiger partial charge in [0.05, 0.1) is 20.3 Å². The Morgan fingerprint density at radius 3 is 2.24 bits per heavy atom. The Hall–Kier alpha value is -3.26. The number of halogens is 2. The molecule has 1 amide bonds. The first kappa shape index (κ1) is 26.4. The first-order valence-corrected chi connectivity index (χ1v) is 13.4. The Kier molecular flexibility index (Phi) is 7.79. The summed E-state index contributed by atoms with van der Waals surface area (Å²) in [6.07, 6.45) is 0.653. The highest BCUT2D eigenvalue weighted by molar-refractivity contribution is 6.30. The first-order chi connectivity index (χ1) is 18.5. The molecule has 1 atom stereocenters. The lowest BCUT2D eigenvalue weighted by Crippen LogP contribution is -2.60. The maximum atomic E-state index is 12.2. The van der Waals surface area contributed by atoms with E-state index in [1.807, 2.05) is 78.6 Å². The zero-order valence-corrected chi connectivity index (χ0v) is 22.9. The topological polar surface area (TPSA) is 66.4 Å². The molecule has 1 saturated heterocycles. The minimum Gasteiger partial charge on any atom is -0.496 e. The van der Waals surface area contributed by atoms with Crippen LogP contribution in [0.15, 0.2) is 71.7 Å². The van der Waals surface area contributed by atoms with Crippen molar-refractivity contribution in [1.82, 2.24) is 15.1 Å². The molecule has 1 fully saturated rings. The molecule has 38 heavy (non-hydrogen) atoms. The molecule has 0 aliphatic carbocycles. The van der Waals surface area contributed by atoms with Crippen molar-refractivity contribution in [2.24, 2.45) is 4.99 Å². The molecule has 0 aromatic heterocycles. The number of amidine groups is 1. The van der Waals surface area contributed by atoms with E-state index in [9.17, 15) is 4.79 Å². The zero-order chi connectivity index (χ0) is 26.7. The number of rotatable bonds is 8. The van der Waals surface area contributed by atoms with E-state index in [4.69, 9.17) is 37.7 Å². The van der Waals surface area contributed by atoms with E-state index in [1.165, 1.54) is 0 Å². The lowest BCUT2D eigenvalue weighted by atomic mass is 9.83. The molecule has 9 heteroatoms. The van der Waals surface area contributed by atoms with E-state index < -0.39 is 5.54 Å². The Bertz CT molecular complexity index is 1270. The molecule has 1 N–H and O–H groups in total. The molecular formula is C29H30Cl2N4O3. The van der Waals surface area contributed by atoms with Gasteiger partial charge in [0.15, 0.2) is 0 Å². The fourth-order valence-corrected chi connectivity index (χ4v) is 5.52. The summed E-state index contributed by atoms with van der Waals surface area (Å²) in [5.41, 5.74) is 1.89. The predicted octanol–water partition coefficient (Wildman–Crippen LogP) is 4.79. The Labute approximate surface area is 233 Å². The summed E-state index contributed by atoms with van der Waals surface area (Å²) in [7, 11) is 1.64. The summed E-state index contributed by atoms with van der Waals surface area (Å²) in [5.74, 6) is 2.00. The van der Waals surface area contributed by atoms with Crippen LogP contribution < -0.4 is 14.8 Å². The fourth-order valence-electron chi connectivity index (χ4n) is 5.27. The molecule has 0 bridgehead atoms. The number of carbonyl (C=O) groups excluding carboxylic acids is 1. The highest BCUT2D eigenvalue weighted by Crippen LogP contribution is 2.44. The van der Waals surface area contributed by atoms with Crippen molar-refractivity contribution in [3.63, 3.8) is 0 Å². The third-order valence-corrected chi connectivity index (χ3v) is 7.60. The lowest BCUT2D eigenvalue weighted by molar-refractivity contribution is -0.123. The van der Waals surface area contributed by atoms with Crippen LogP contribution in [0.25, 0.3) is 0 Å². The zero-order valence-electron chi connectivity index (χ0n) is 21.4. The van der Waals surface area contributed by atoms with Crippen LogP contribution in [-0.2, 0) is 10.3 Å². The molecule has 5 rings (SSSR count). The molecule has 0 saturated carbocycles. The molecule has 3 aromatic rings. The average molecular weight is 553 g/mol. The Balaban J connectivity index is 1.78. The number of nitrogens with zero attached hydrogens (tertiary/aromatic N) is 3. The van der Waals surface area contributed by atoms with E-state index in [1.54, 1.807) is 7.11 Å². The second-order valence-corrected chi connectivity index (χ2v) is 10.1. The number of hydrogen-bond acceptors (Lipinski definition) is 6. The van der Waals surface area contributed by atoms with Gasteiger partial charge in [-0.25, -0.2) is 4.99 Å². The van der Waals surface area contributed by atoms with Gasteiger partial charge in [-0.05, 0) is 54.4 Å². The molecule has 7 nitrogen and oxygen atoms in total. The monoisotopic (exact) mass is 552 g/mol. The molecule has 2 heterocycles. The minimum atomic E-state index is -0.805. The quantitative estimate of drug-likeness (QED) is 0.407. The van der Waals surface area contributed by atoms with Gasteiger partial charge in [-0.2, -0.15) is 0 Å². The summed E-state index contributed by atoms with van der Waals surface area (Å²) in [6.45, 7) is 4.83. The number of piperazine rings is 1. The molecule has 0 radical (unpaired) electrons. The Morgan fingerprint density at radius 2 is 1.66 bits per heavy atom. The first-order valence-electron chi connectivity index (χ1n) is 12.6. The SMILES string of the molecule is CCOc1cccc(OC)c1C1=NC(c2ccc(Cl)cc2)(c2ccc(Cl)cc2)CN1C1CNCCN1C=O. The molecule has 1 unspecified atom stereocenters. The van der Waals surface area contributed by atoms with Crippen LogP contribution in [0, 0.1) is 0 Å². The number of carbonyl (C=O) groups is 1. The fraction of sp³-hybridized carbons (Fsp3) is 0.310. The van der Waals surface area contributed by atoms with E-state index in [0.717, 1.165) is 29.6 Å². The van der Waals surface area contributed by atoms with Crippen molar-refractivity contribution in [2.45, 2.75) is 18.6 Å². The van der Waals surface area contributed by atoms with Crippen molar-refractivity contribution in [1.29, 1.82) is 0 Å². The summed E-state index contributed by atoms with van der Waals surface area (Å²) in [5, 5.41) is 4.73. The van der Waals surface area contributed by atoms with Crippen LogP contribution >= 0.6 is 23.2 Å². The normalized spacial score (nSPS) is 18.7. The number of amides is 1. The predicted molar refractivity (Wildman–Crippen MR) is 151 cm³/mol. The number of methoxy groups -OCH3 is 1. The largest absolute Gasteiger partial charge is 0.496 e. The number of aliphatic imine (C=N–C) groups is 1. The van der Waals surface area contributed by atoms with Gasteiger partial charge in [0, 0.05) is 29.7 Å². The minimum absolute atomic E-state index is 0.263. The molecule has 3 aromatic carbocycles. The smallest absolute Gasteiger partial charge is 0.211 e. The summed E-state index contributed by atoms with van der Waals surface area (Å²) in [6, 6.07) is 21.2. The third-order valence-electron chi connectivity index (χ3n) is 7.09. The van der Waals surface area contributed by atoms with Gasteiger partial charge in [0.2, 0.25) is 6.41 Å². The van der Waals surface area contributed by atoms with Gasteiger partial charge in [-0.15, -0.1) is 0 Å². The average Bonchev–Trinajstić information content (AvgIpc) is 3.35. The van der Waals surface area contributed by atoms with Crippen LogP contribution in [0.5, 0.6) is 11.5 Å². The van der Waals surface area contributed by atoms with Gasteiger partial charge < -0.3 is 24.6 Å². The molecule has 0 spiro atoms. The maximum Gasteiger partial charge on any atom is 0.211 e.